The number of likely N-dealkylation sites (N-methyl/N-ethyl adjacent to an activating group) is 1. The quantitative estimate of drug-likeness (QED) is 0.836. The van der Waals surface area contributed by atoms with E-state index in [-0.39, 0.29) is 5.91 Å². The van der Waals surface area contributed by atoms with Crippen LogP contribution in [-0.4, -0.2) is 76.8 Å². The molecule has 0 aliphatic carbocycles. The number of amides is 1. The van der Waals surface area contributed by atoms with Crippen molar-refractivity contribution in [2.24, 2.45) is 0 Å². The molecule has 7 heteroatoms. The molecule has 0 atom stereocenters. The third kappa shape index (κ3) is 3.58. The Kier molecular flexibility index (Phi) is 4.88. The summed E-state index contributed by atoms with van der Waals surface area (Å²) in [6.45, 7) is 5.81. The van der Waals surface area contributed by atoms with Crippen molar-refractivity contribution in [2.45, 2.75) is 18.9 Å². The topological polar surface area (TPSA) is 57.5 Å². The largest absolute Gasteiger partial charge is 0.369 e. The number of carbonyl (C=O) groups is 1. The summed E-state index contributed by atoms with van der Waals surface area (Å²) >= 11 is 0. The minimum Gasteiger partial charge on any atom is -0.369 e. The summed E-state index contributed by atoms with van der Waals surface area (Å²) in [7, 11) is 2.16. The van der Waals surface area contributed by atoms with Gasteiger partial charge in [0, 0.05) is 56.6 Å². The molecule has 0 bridgehead atoms. The van der Waals surface area contributed by atoms with Gasteiger partial charge in [0.25, 0.3) is 5.91 Å². The summed E-state index contributed by atoms with van der Waals surface area (Å²) in [4.78, 5) is 19.5. The number of nitrogens with zero attached hydrogens (tertiary/aromatic N) is 6. The van der Waals surface area contributed by atoms with E-state index >= 15 is 0 Å². The van der Waals surface area contributed by atoms with Crippen LogP contribution in [0, 0.1) is 0 Å². The first-order valence-corrected chi connectivity index (χ1v) is 9.37. The van der Waals surface area contributed by atoms with Gasteiger partial charge in [0.05, 0.1) is 0 Å². The second kappa shape index (κ2) is 7.45. The van der Waals surface area contributed by atoms with Crippen LogP contribution in [0.3, 0.4) is 0 Å². The zero-order valence-corrected chi connectivity index (χ0v) is 15.3. The molecule has 1 aromatic heterocycles. The molecule has 2 aromatic rings. The Hall–Kier alpha value is -2.41. The van der Waals surface area contributed by atoms with E-state index < -0.39 is 0 Å². The molecule has 1 amide bonds. The fourth-order valence-corrected chi connectivity index (χ4v) is 3.83. The Balaban J connectivity index is 1.35. The average molecular weight is 354 g/mol. The average Bonchev–Trinajstić information content (AvgIpc) is 3.23. The highest BCUT2D eigenvalue weighted by Crippen LogP contribution is 2.24. The molecule has 26 heavy (non-hydrogen) atoms. The first kappa shape index (κ1) is 17.0. The first-order chi connectivity index (χ1) is 12.7. The summed E-state index contributed by atoms with van der Waals surface area (Å²) < 4.78 is 2.05. The van der Waals surface area contributed by atoms with E-state index in [0.29, 0.717) is 6.04 Å². The lowest BCUT2D eigenvalue weighted by Gasteiger charge is -2.34. The van der Waals surface area contributed by atoms with Crippen LogP contribution in [0.1, 0.15) is 29.2 Å². The van der Waals surface area contributed by atoms with Crippen LogP contribution < -0.4 is 4.90 Å². The minimum atomic E-state index is 0.136. The van der Waals surface area contributed by atoms with E-state index in [1.807, 2.05) is 21.6 Å². The number of rotatable bonds is 3. The molecule has 2 fully saturated rings. The van der Waals surface area contributed by atoms with Gasteiger partial charge in [-0.25, -0.2) is 0 Å². The summed E-state index contributed by atoms with van der Waals surface area (Å²) in [6, 6.07) is 8.52. The lowest BCUT2D eigenvalue weighted by molar-refractivity contribution is 0.0694. The van der Waals surface area contributed by atoms with Gasteiger partial charge in [-0.3, -0.25) is 4.79 Å². The van der Waals surface area contributed by atoms with Gasteiger partial charge < -0.3 is 19.3 Å². The molecule has 0 spiro atoms. The molecule has 2 aliphatic rings. The third-order valence-electron chi connectivity index (χ3n) is 5.59. The maximum Gasteiger partial charge on any atom is 0.253 e. The van der Waals surface area contributed by atoms with Gasteiger partial charge in [0.15, 0.2) is 0 Å². The number of aromatic nitrogens is 3. The summed E-state index contributed by atoms with van der Waals surface area (Å²) in [5.41, 5.74) is 1.99. The van der Waals surface area contributed by atoms with Gasteiger partial charge in [0.1, 0.15) is 12.7 Å². The van der Waals surface area contributed by atoms with Crippen LogP contribution in [0.5, 0.6) is 0 Å². The van der Waals surface area contributed by atoms with Crippen molar-refractivity contribution < 1.29 is 4.79 Å². The maximum atomic E-state index is 12.8. The van der Waals surface area contributed by atoms with Gasteiger partial charge in [-0.2, -0.15) is 0 Å². The predicted octanol–water partition coefficient (Wildman–Crippen LogP) is 1.51. The fourth-order valence-electron chi connectivity index (χ4n) is 3.83. The van der Waals surface area contributed by atoms with Crippen molar-refractivity contribution in [3.63, 3.8) is 0 Å². The normalized spacial score (nSPS) is 19.7. The Morgan fingerprint density at radius 2 is 1.54 bits per heavy atom. The number of carbonyl (C=O) groups excluding carboxylic acids is 1. The van der Waals surface area contributed by atoms with Gasteiger partial charge in [-0.05, 0) is 44.2 Å². The van der Waals surface area contributed by atoms with Gasteiger partial charge in [-0.15, -0.1) is 10.2 Å². The van der Waals surface area contributed by atoms with Crippen molar-refractivity contribution in [1.82, 2.24) is 24.6 Å². The van der Waals surface area contributed by atoms with E-state index in [9.17, 15) is 4.79 Å². The number of likely N-dealkylation sites (tertiary alicyclic amines) is 1. The zero-order chi connectivity index (χ0) is 17.9. The van der Waals surface area contributed by atoms with Crippen LogP contribution in [0.4, 0.5) is 5.69 Å². The first-order valence-electron chi connectivity index (χ1n) is 9.37. The van der Waals surface area contributed by atoms with Crippen LogP contribution in [0.25, 0.3) is 0 Å². The lowest BCUT2D eigenvalue weighted by Crippen LogP contribution is -2.44. The molecule has 4 rings (SSSR count). The van der Waals surface area contributed by atoms with E-state index in [1.54, 1.807) is 12.7 Å². The van der Waals surface area contributed by atoms with Crippen LogP contribution in [-0.2, 0) is 0 Å². The molecule has 0 saturated carbocycles. The molecule has 0 N–H and O–H groups in total. The lowest BCUT2D eigenvalue weighted by atomic mass is 10.0. The van der Waals surface area contributed by atoms with Crippen molar-refractivity contribution in [3.8, 4) is 0 Å². The second-order valence-electron chi connectivity index (χ2n) is 7.27. The van der Waals surface area contributed by atoms with Gasteiger partial charge in [0.2, 0.25) is 0 Å². The number of piperidine rings is 1. The van der Waals surface area contributed by atoms with E-state index in [4.69, 9.17) is 0 Å². The van der Waals surface area contributed by atoms with Gasteiger partial charge >= 0.3 is 0 Å². The Morgan fingerprint density at radius 3 is 2.15 bits per heavy atom. The SMILES string of the molecule is CN1CCN(c2ccc(C(=O)N3CCC(n4cnnc4)CC3)cc2)CC1. The number of piperazine rings is 1. The second-order valence-corrected chi connectivity index (χ2v) is 7.27. The van der Waals surface area contributed by atoms with Crippen LogP contribution in [0.15, 0.2) is 36.9 Å². The van der Waals surface area contributed by atoms with Gasteiger partial charge in [-0.1, -0.05) is 0 Å². The third-order valence-corrected chi connectivity index (χ3v) is 5.59. The monoisotopic (exact) mass is 354 g/mol. The van der Waals surface area contributed by atoms with E-state index in [0.717, 1.165) is 57.7 Å². The molecule has 2 saturated heterocycles. The molecule has 1 aromatic carbocycles. The number of hydrogen-bond acceptors (Lipinski definition) is 5. The molecule has 0 radical (unpaired) electrons. The molecular formula is C19H26N6O. The van der Waals surface area contributed by atoms with Crippen molar-refractivity contribution in [3.05, 3.63) is 42.5 Å². The Bertz CT molecular complexity index is 713. The standard InChI is InChI=1S/C19H26N6O/c1-22-10-12-23(13-11-22)17-4-2-16(3-5-17)19(26)24-8-6-18(7-9-24)25-14-20-21-15-25/h2-5,14-15,18H,6-13H2,1H3. The summed E-state index contributed by atoms with van der Waals surface area (Å²) in [5, 5.41) is 7.75. The molecule has 0 unspecified atom stereocenters. The summed E-state index contributed by atoms with van der Waals surface area (Å²) in [5.74, 6) is 0.136. The number of hydrogen-bond donors (Lipinski definition) is 0. The number of benzene rings is 1. The molecule has 138 valence electrons. The highest BCUT2D eigenvalue weighted by Gasteiger charge is 2.24. The van der Waals surface area contributed by atoms with Crippen LogP contribution in [0.2, 0.25) is 0 Å². The van der Waals surface area contributed by atoms with E-state index in [1.165, 1.54) is 5.69 Å². The Labute approximate surface area is 154 Å². The smallest absolute Gasteiger partial charge is 0.253 e. The van der Waals surface area contributed by atoms with Crippen molar-refractivity contribution in [1.29, 1.82) is 0 Å². The maximum absolute atomic E-state index is 12.8. The molecule has 7 nitrogen and oxygen atoms in total. The van der Waals surface area contributed by atoms with Crippen molar-refractivity contribution >= 4 is 11.6 Å². The zero-order valence-electron chi connectivity index (χ0n) is 15.3. The van der Waals surface area contributed by atoms with E-state index in [2.05, 4.69) is 39.2 Å². The van der Waals surface area contributed by atoms with Crippen molar-refractivity contribution in [2.75, 3.05) is 51.2 Å². The number of anilines is 1. The highest BCUT2D eigenvalue weighted by atomic mass is 16.2. The Morgan fingerprint density at radius 1 is 0.923 bits per heavy atom. The highest BCUT2D eigenvalue weighted by molar-refractivity contribution is 5.94. The fraction of sp³-hybridized carbons (Fsp3) is 0.526. The molecular weight excluding hydrogens is 328 g/mol. The molecule has 2 aliphatic heterocycles. The minimum absolute atomic E-state index is 0.136. The summed E-state index contributed by atoms with van der Waals surface area (Å²) in [6.07, 6.45) is 5.42. The predicted molar refractivity (Wildman–Crippen MR) is 100 cm³/mol. The van der Waals surface area contributed by atoms with Crippen LogP contribution >= 0.6 is 0 Å². The molecule has 3 heterocycles.